The second-order valence-corrected chi connectivity index (χ2v) is 4.33. The lowest BCUT2D eigenvalue weighted by atomic mass is 10.1. The molecular weight excluding hydrogens is 214 g/mol. The van der Waals surface area contributed by atoms with Crippen LogP contribution in [0.2, 0.25) is 5.02 Å². The van der Waals surface area contributed by atoms with Gasteiger partial charge in [0, 0.05) is 37.4 Å². The van der Waals surface area contributed by atoms with Crippen molar-refractivity contribution in [2.75, 3.05) is 24.6 Å². The highest BCUT2D eigenvalue weighted by Gasteiger charge is 2.22. The fourth-order valence-corrected chi connectivity index (χ4v) is 2.03. The first kappa shape index (κ1) is 10.6. The molecule has 3 nitrogen and oxygen atoms in total. The van der Waals surface area contributed by atoms with Gasteiger partial charge in [0.25, 0.3) is 0 Å². The molecule has 0 aliphatic carbocycles. The molecule has 82 valence electrons. The Morgan fingerprint density at radius 2 is 2.27 bits per heavy atom. The summed E-state index contributed by atoms with van der Waals surface area (Å²) in [5.74, 6) is 0.462. The zero-order chi connectivity index (χ0) is 10.8. The first-order valence-electron chi connectivity index (χ1n) is 5.05. The van der Waals surface area contributed by atoms with E-state index in [1.807, 2.05) is 6.07 Å². The lowest BCUT2D eigenvalue weighted by Gasteiger charge is -2.18. The zero-order valence-corrected chi connectivity index (χ0v) is 9.11. The van der Waals surface area contributed by atoms with Crippen LogP contribution in [0.25, 0.3) is 0 Å². The third-order valence-electron chi connectivity index (χ3n) is 2.84. The highest BCUT2D eigenvalue weighted by atomic mass is 35.5. The van der Waals surface area contributed by atoms with Gasteiger partial charge in [-0.1, -0.05) is 11.6 Å². The summed E-state index contributed by atoms with van der Waals surface area (Å²) in [5, 5.41) is 18.9. The van der Waals surface area contributed by atoms with Gasteiger partial charge in [-0.2, -0.15) is 0 Å². The summed E-state index contributed by atoms with van der Waals surface area (Å²) in [6.45, 7) is 2.00. The van der Waals surface area contributed by atoms with Gasteiger partial charge in [-0.3, -0.25) is 0 Å². The molecule has 0 amide bonds. The SMILES string of the molecule is OCC1CCN(c2ccc(Cl)c(O)c2)C1. The van der Waals surface area contributed by atoms with Gasteiger partial charge in [-0.05, 0) is 18.6 Å². The number of anilines is 1. The lowest BCUT2D eigenvalue weighted by molar-refractivity contribution is 0.238. The van der Waals surface area contributed by atoms with Crippen LogP contribution in [0.3, 0.4) is 0 Å². The molecule has 2 rings (SSSR count). The lowest BCUT2D eigenvalue weighted by Crippen LogP contribution is -2.20. The predicted molar refractivity (Wildman–Crippen MR) is 60.5 cm³/mol. The van der Waals surface area contributed by atoms with E-state index < -0.39 is 0 Å². The Kier molecular flexibility index (Phi) is 3.03. The van der Waals surface area contributed by atoms with E-state index in [4.69, 9.17) is 16.7 Å². The molecule has 1 heterocycles. The average molecular weight is 228 g/mol. The standard InChI is InChI=1S/C11H14ClNO2/c12-10-2-1-9(5-11(10)15)13-4-3-8(6-13)7-14/h1-2,5,8,14-15H,3-4,6-7H2. The maximum Gasteiger partial charge on any atom is 0.136 e. The van der Waals surface area contributed by atoms with Crippen LogP contribution in [0.15, 0.2) is 18.2 Å². The van der Waals surface area contributed by atoms with Gasteiger partial charge >= 0.3 is 0 Å². The van der Waals surface area contributed by atoms with Crippen LogP contribution in [0.5, 0.6) is 5.75 Å². The molecule has 1 saturated heterocycles. The molecule has 4 heteroatoms. The molecule has 0 saturated carbocycles. The van der Waals surface area contributed by atoms with Crippen molar-refractivity contribution in [3.8, 4) is 5.75 Å². The molecule has 1 aromatic rings. The number of hydrogen-bond donors (Lipinski definition) is 2. The van der Waals surface area contributed by atoms with Gasteiger partial charge in [0.1, 0.15) is 5.75 Å². The Balaban J connectivity index is 2.13. The minimum atomic E-state index is 0.113. The van der Waals surface area contributed by atoms with E-state index in [1.165, 1.54) is 0 Å². The van der Waals surface area contributed by atoms with Gasteiger partial charge in [0.15, 0.2) is 0 Å². The molecule has 0 spiro atoms. The number of halogens is 1. The molecule has 1 atom stereocenters. The van der Waals surface area contributed by atoms with Crippen molar-refractivity contribution in [2.45, 2.75) is 6.42 Å². The molecular formula is C11H14ClNO2. The molecule has 1 aliphatic heterocycles. The molecule has 1 unspecified atom stereocenters. The van der Waals surface area contributed by atoms with Crippen molar-refractivity contribution in [1.29, 1.82) is 0 Å². The van der Waals surface area contributed by atoms with Crippen LogP contribution < -0.4 is 4.90 Å². The van der Waals surface area contributed by atoms with Crippen LogP contribution in [-0.2, 0) is 0 Å². The van der Waals surface area contributed by atoms with Crippen LogP contribution in [-0.4, -0.2) is 29.9 Å². The first-order valence-corrected chi connectivity index (χ1v) is 5.43. The number of aliphatic hydroxyl groups is 1. The number of phenolic OH excluding ortho intramolecular Hbond substituents is 1. The summed E-state index contributed by atoms with van der Waals surface area (Å²) >= 11 is 5.73. The number of hydrogen-bond acceptors (Lipinski definition) is 3. The predicted octanol–water partition coefficient (Wildman–Crippen LogP) is 1.86. The van der Waals surface area contributed by atoms with E-state index in [0.717, 1.165) is 25.2 Å². The van der Waals surface area contributed by atoms with Gasteiger partial charge in [0.2, 0.25) is 0 Å². The first-order chi connectivity index (χ1) is 7.20. The Labute approximate surface area is 93.9 Å². The molecule has 15 heavy (non-hydrogen) atoms. The smallest absolute Gasteiger partial charge is 0.136 e. The van der Waals surface area contributed by atoms with Crippen molar-refractivity contribution >= 4 is 17.3 Å². The maximum atomic E-state index is 9.48. The molecule has 0 radical (unpaired) electrons. The van der Waals surface area contributed by atoms with Crippen LogP contribution >= 0.6 is 11.6 Å². The van der Waals surface area contributed by atoms with Crippen molar-refractivity contribution < 1.29 is 10.2 Å². The number of rotatable bonds is 2. The van der Waals surface area contributed by atoms with Gasteiger partial charge in [0.05, 0.1) is 5.02 Å². The Bertz CT molecular complexity index is 356. The van der Waals surface area contributed by atoms with E-state index in [1.54, 1.807) is 12.1 Å². The molecule has 0 bridgehead atoms. The van der Waals surface area contributed by atoms with Crippen LogP contribution in [0.4, 0.5) is 5.69 Å². The van der Waals surface area contributed by atoms with Crippen molar-refractivity contribution in [1.82, 2.24) is 0 Å². The van der Waals surface area contributed by atoms with E-state index >= 15 is 0 Å². The fourth-order valence-electron chi connectivity index (χ4n) is 1.91. The largest absolute Gasteiger partial charge is 0.506 e. The Morgan fingerprint density at radius 1 is 1.47 bits per heavy atom. The average Bonchev–Trinajstić information content (AvgIpc) is 2.70. The summed E-state index contributed by atoms with van der Waals surface area (Å²) in [6, 6.07) is 5.25. The third-order valence-corrected chi connectivity index (χ3v) is 3.16. The summed E-state index contributed by atoms with van der Waals surface area (Å²) in [5.41, 5.74) is 0.966. The quantitative estimate of drug-likeness (QED) is 0.811. The highest BCUT2D eigenvalue weighted by Crippen LogP contribution is 2.30. The highest BCUT2D eigenvalue weighted by molar-refractivity contribution is 6.32. The fraction of sp³-hybridized carbons (Fsp3) is 0.455. The normalized spacial score (nSPS) is 20.9. The second kappa shape index (κ2) is 4.29. The van der Waals surface area contributed by atoms with Crippen molar-refractivity contribution in [2.24, 2.45) is 5.92 Å². The molecule has 2 N–H and O–H groups in total. The number of nitrogens with zero attached hydrogens (tertiary/aromatic N) is 1. The third kappa shape index (κ3) is 2.19. The van der Waals surface area contributed by atoms with Crippen LogP contribution in [0.1, 0.15) is 6.42 Å². The van der Waals surface area contributed by atoms with E-state index in [-0.39, 0.29) is 12.4 Å². The maximum absolute atomic E-state index is 9.48. The monoisotopic (exact) mass is 227 g/mol. The van der Waals surface area contributed by atoms with Crippen molar-refractivity contribution in [3.05, 3.63) is 23.2 Å². The summed E-state index contributed by atoms with van der Waals surface area (Å²) in [4.78, 5) is 2.15. The minimum Gasteiger partial charge on any atom is -0.506 e. The van der Waals surface area contributed by atoms with Gasteiger partial charge < -0.3 is 15.1 Å². The Morgan fingerprint density at radius 3 is 2.87 bits per heavy atom. The number of aliphatic hydroxyl groups excluding tert-OH is 1. The van der Waals surface area contributed by atoms with E-state index in [0.29, 0.717) is 10.9 Å². The Hall–Kier alpha value is -0.930. The van der Waals surface area contributed by atoms with Crippen molar-refractivity contribution in [3.63, 3.8) is 0 Å². The van der Waals surface area contributed by atoms with Gasteiger partial charge in [-0.25, -0.2) is 0 Å². The topological polar surface area (TPSA) is 43.7 Å². The number of aromatic hydroxyl groups is 1. The van der Waals surface area contributed by atoms with E-state index in [2.05, 4.69) is 4.90 Å². The molecule has 0 aromatic heterocycles. The molecule has 1 aliphatic rings. The van der Waals surface area contributed by atoms with E-state index in [9.17, 15) is 5.11 Å². The van der Waals surface area contributed by atoms with Gasteiger partial charge in [-0.15, -0.1) is 0 Å². The second-order valence-electron chi connectivity index (χ2n) is 3.92. The summed E-state index contributed by atoms with van der Waals surface area (Å²) < 4.78 is 0. The van der Waals surface area contributed by atoms with Crippen LogP contribution in [0, 0.1) is 5.92 Å². The number of benzene rings is 1. The minimum absolute atomic E-state index is 0.113. The molecule has 1 aromatic carbocycles. The number of phenols is 1. The summed E-state index contributed by atoms with van der Waals surface area (Å²) in [6.07, 6.45) is 1.000. The summed E-state index contributed by atoms with van der Waals surface area (Å²) in [7, 11) is 0. The zero-order valence-electron chi connectivity index (χ0n) is 8.36. The molecule has 1 fully saturated rings.